The van der Waals surface area contributed by atoms with Crippen LogP contribution in [0.4, 0.5) is 0 Å². The van der Waals surface area contributed by atoms with Gasteiger partial charge < -0.3 is 16.2 Å². The largest absolute Gasteiger partial charge is 0.480 e. The van der Waals surface area contributed by atoms with Crippen LogP contribution in [0.2, 0.25) is 5.02 Å². The van der Waals surface area contributed by atoms with Gasteiger partial charge in [-0.1, -0.05) is 29.8 Å². The maximum absolute atomic E-state index is 12.2. The van der Waals surface area contributed by atoms with Gasteiger partial charge in [0.15, 0.2) is 0 Å². The van der Waals surface area contributed by atoms with E-state index in [9.17, 15) is 9.59 Å². The Morgan fingerprint density at radius 2 is 1.85 bits per heavy atom. The van der Waals surface area contributed by atoms with Crippen LogP contribution in [0.25, 0.3) is 0 Å². The number of rotatable bonds is 7. The number of aryl methyl sites for hydroxylation is 1. The Labute approximate surface area is 169 Å². The van der Waals surface area contributed by atoms with Crippen molar-refractivity contribution in [2.75, 3.05) is 0 Å². The van der Waals surface area contributed by atoms with E-state index in [0.717, 1.165) is 5.56 Å². The maximum atomic E-state index is 12.2. The molecule has 9 heteroatoms. The molecule has 1 aromatic carbocycles. The number of carboxylic acids is 1. The molecule has 0 aliphatic carbocycles. The van der Waals surface area contributed by atoms with Gasteiger partial charge in [-0.2, -0.15) is 0 Å². The first kappa shape index (κ1) is 24.1. The summed E-state index contributed by atoms with van der Waals surface area (Å²) in [5, 5.41) is 12.5. The highest BCUT2D eigenvalue weighted by molar-refractivity contribution is 6.30. The van der Waals surface area contributed by atoms with E-state index < -0.39 is 18.1 Å². The van der Waals surface area contributed by atoms with Crippen LogP contribution >= 0.6 is 36.4 Å². The second kappa shape index (κ2) is 11.7. The zero-order chi connectivity index (χ0) is 17.5. The van der Waals surface area contributed by atoms with E-state index in [0.29, 0.717) is 17.0 Å². The average molecular weight is 421 g/mol. The van der Waals surface area contributed by atoms with Crippen molar-refractivity contribution >= 4 is 48.3 Å². The summed E-state index contributed by atoms with van der Waals surface area (Å²) in [5.41, 5.74) is 7.22. The van der Waals surface area contributed by atoms with Crippen LogP contribution in [-0.2, 0) is 16.0 Å². The Balaban J connectivity index is 0.00000312. The molecule has 1 aromatic heterocycles. The van der Waals surface area contributed by atoms with Crippen molar-refractivity contribution in [1.82, 2.24) is 10.3 Å². The van der Waals surface area contributed by atoms with E-state index in [1.54, 1.807) is 30.5 Å². The average Bonchev–Trinajstić information content (AvgIpc) is 2.59. The number of pyridine rings is 1. The van der Waals surface area contributed by atoms with E-state index in [2.05, 4.69) is 10.3 Å². The molecule has 0 fully saturated rings. The van der Waals surface area contributed by atoms with Crippen molar-refractivity contribution in [2.24, 2.45) is 5.73 Å². The fourth-order valence-electron chi connectivity index (χ4n) is 2.24. The van der Waals surface area contributed by atoms with Gasteiger partial charge in [0.2, 0.25) is 5.91 Å². The number of nitrogens with two attached hydrogens (primary N) is 1. The first-order chi connectivity index (χ1) is 11.5. The Morgan fingerprint density at radius 1 is 1.19 bits per heavy atom. The summed E-state index contributed by atoms with van der Waals surface area (Å²) in [5.74, 6) is -1.47. The van der Waals surface area contributed by atoms with Gasteiger partial charge in [-0.3, -0.25) is 14.6 Å². The van der Waals surface area contributed by atoms with Crippen molar-refractivity contribution in [1.29, 1.82) is 0 Å². The number of aromatic nitrogens is 1. The Kier molecular flexibility index (Phi) is 10.9. The van der Waals surface area contributed by atoms with E-state index >= 15 is 0 Å². The van der Waals surface area contributed by atoms with Crippen LogP contribution in [0.1, 0.15) is 23.6 Å². The Hall–Kier alpha value is -1.86. The van der Waals surface area contributed by atoms with Crippen molar-refractivity contribution < 1.29 is 14.7 Å². The number of carbonyl (C=O) groups excluding carboxylic acids is 1. The van der Waals surface area contributed by atoms with Crippen LogP contribution in [0.15, 0.2) is 48.8 Å². The summed E-state index contributed by atoms with van der Waals surface area (Å²) in [6, 6.07) is 8.45. The van der Waals surface area contributed by atoms with E-state index in [-0.39, 0.29) is 37.1 Å². The van der Waals surface area contributed by atoms with Crippen molar-refractivity contribution in [3.05, 3.63) is 64.9 Å². The maximum Gasteiger partial charge on any atom is 0.322 e. The topological polar surface area (TPSA) is 105 Å². The molecule has 0 spiro atoms. The van der Waals surface area contributed by atoms with Crippen LogP contribution in [0.5, 0.6) is 0 Å². The molecular weight excluding hydrogens is 401 g/mol. The fraction of sp³-hybridized carbons (Fsp3) is 0.235. The number of carbonyl (C=O) groups is 2. The predicted octanol–water partition coefficient (Wildman–Crippen LogP) is 2.78. The van der Waals surface area contributed by atoms with Gasteiger partial charge in [0, 0.05) is 23.8 Å². The number of benzene rings is 1. The number of hydrogen-bond acceptors (Lipinski definition) is 4. The first-order valence-corrected chi connectivity index (χ1v) is 7.77. The van der Waals surface area contributed by atoms with Gasteiger partial charge in [-0.25, -0.2) is 0 Å². The van der Waals surface area contributed by atoms with E-state index in [1.807, 2.05) is 12.1 Å². The first-order valence-electron chi connectivity index (χ1n) is 7.39. The summed E-state index contributed by atoms with van der Waals surface area (Å²) in [6.45, 7) is 0. The lowest BCUT2D eigenvalue weighted by molar-refractivity contribution is -0.139. The van der Waals surface area contributed by atoms with Gasteiger partial charge in [-0.05, 0) is 35.7 Å². The van der Waals surface area contributed by atoms with Gasteiger partial charge >= 0.3 is 5.97 Å². The second-order valence-corrected chi connectivity index (χ2v) is 5.76. The Morgan fingerprint density at radius 3 is 2.38 bits per heavy atom. The quantitative estimate of drug-likeness (QED) is 0.639. The third-order valence-corrected chi connectivity index (χ3v) is 3.81. The summed E-state index contributed by atoms with van der Waals surface area (Å²) in [7, 11) is 0. The lowest BCUT2D eigenvalue weighted by Crippen LogP contribution is -2.45. The molecule has 4 N–H and O–H groups in total. The number of amides is 1. The van der Waals surface area contributed by atoms with Crippen molar-refractivity contribution in [3.63, 3.8) is 0 Å². The summed E-state index contributed by atoms with van der Waals surface area (Å²) >= 11 is 5.82. The van der Waals surface area contributed by atoms with E-state index in [4.69, 9.17) is 22.4 Å². The molecule has 1 heterocycles. The van der Waals surface area contributed by atoms with Crippen LogP contribution in [-0.4, -0.2) is 28.0 Å². The zero-order valence-corrected chi connectivity index (χ0v) is 16.1. The normalized spacial score (nSPS) is 12.1. The number of halogens is 3. The highest BCUT2D eigenvalue weighted by Gasteiger charge is 2.27. The summed E-state index contributed by atoms with van der Waals surface area (Å²) in [6.07, 6.45) is 3.79. The third-order valence-electron chi connectivity index (χ3n) is 3.56. The molecule has 0 unspecified atom stereocenters. The number of nitrogens with one attached hydrogen (secondary N) is 1. The monoisotopic (exact) mass is 419 g/mol. The zero-order valence-electron chi connectivity index (χ0n) is 13.7. The lowest BCUT2D eigenvalue weighted by Gasteiger charge is -2.22. The predicted molar refractivity (Wildman–Crippen MR) is 105 cm³/mol. The molecular formula is C17H20Cl3N3O3. The second-order valence-electron chi connectivity index (χ2n) is 5.32. The highest BCUT2D eigenvalue weighted by atomic mass is 35.5. The summed E-state index contributed by atoms with van der Waals surface area (Å²) < 4.78 is 0. The van der Waals surface area contributed by atoms with Crippen molar-refractivity contribution in [3.8, 4) is 0 Å². The minimum absolute atomic E-state index is 0. The SMILES string of the molecule is Cl.Cl.N[C@@H](C(=O)O)[C@H](NC(=O)CCc1ccc(Cl)cc1)c1cccnc1. The molecule has 6 nitrogen and oxygen atoms in total. The molecule has 0 bridgehead atoms. The van der Waals surface area contributed by atoms with Gasteiger partial charge in [-0.15, -0.1) is 24.8 Å². The standard InChI is InChI=1S/C17H18ClN3O3.2ClH/c18-13-6-3-11(4-7-13)5-8-14(22)21-16(15(19)17(23)24)12-2-1-9-20-10-12;;/h1-4,6-7,9-10,15-16H,5,8,19H2,(H,21,22)(H,23,24);2*1H/t15-,16-;;/m1../s1. The molecule has 0 saturated carbocycles. The molecule has 0 aliphatic heterocycles. The third kappa shape index (κ3) is 7.17. The molecule has 142 valence electrons. The van der Waals surface area contributed by atoms with Crippen LogP contribution < -0.4 is 11.1 Å². The van der Waals surface area contributed by atoms with Gasteiger partial charge in [0.1, 0.15) is 6.04 Å². The molecule has 2 rings (SSSR count). The molecule has 0 radical (unpaired) electrons. The molecule has 0 aliphatic rings. The lowest BCUT2D eigenvalue weighted by atomic mass is 10.0. The summed E-state index contributed by atoms with van der Waals surface area (Å²) in [4.78, 5) is 27.3. The smallest absolute Gasteiger partial charge is 0.322 e. The molecule has 2 aromatic rings. The highest BCUT2D eigenvalue weighted by Crippen LogP contribution is 2.16. The van der Waals surface area contributed by atoms with Crippen LogP contribution in [0.3, 0.4) is 0 Å². The minimum atomic E-state index is -1.26. The van der Waals surface area contributed by atoms with Gasteiger partial charge in [0.05, 0.1) is 6.04 Å². The molecule has 26 heavy (non-hydrogen) atoms. The fourth-order valence-corrected chi connectivity index (χ4v) is 2.36. The number of hydrogen-bond donors (Lipinski definition) is 3. The van der Waals surface area contributed by atoms with Crippen LogP contribution in [0, 0.1) is 0 Å². The molecule has 1 amide bonds. The number of carboxylic acid groups (broad SMARTS) is 1. The van der Waals surface area contributed by atoms with E-state index in [1.165, 1.54) is 6.20 Å². The number of nitrogens with zero attached hydrogens (tertiary/aromatic N) is 1. The van der Waals surface area contributed by atoms with Crippen molar-refractivity contribution in [2.45, 2.75) is 24.9 Å². The molecule has 2 atom stereocenters. The molecule has 0 saturated heterocycles. The van der Waals surface area contributed by atoms with Gasteiger partial charge in [0.25, 0.3) is 0 Å². The number of aliphatic carboxylic acids is 1. The minimum Gasteiger partial charge on any atom is -0.480 e. The Bertz CT molecular complexity index is 699.